The van der Waals surface area contributed by atoms with E-state index in [1.165, 1.54) is 19.3 Å². The van der Waals surface area contributed by atoms with E-state index in [2.05, 4.69) is 42.5 Å². The molecule has 0 amide bonds. The molecule has 0 fully saturated rings. The second-order valence-electron chi connectivity index (χ2n) is 4.18. The Balaban J connectivity index is 2.49. The Labute approximate surface area is 98.7 Å². The third kappa shape index (κ3) is 4.51. The number of anilines is 2. The lowest BCUT2D eigenvalue weighted by Gasteiger charge is -2.15. The highest BCUT2D eigenvalue weighted by atomic mass is 14.9. The minimum atomic E-state index is 0.513. The first-order valence-electron chi connectivity index (χ1n) is 6.21. The fraction of sp³-hybridized carbons (Fsp3) is 0.615. The Kier molecular flexibility index (Phi) is 5.68. The molecular weight excluding hydrogens is 198 g/mol. The van der Waals surface area contributed by atoms with Crippen LogP contribution < -0.4 is 10.6 Å². The average Bonchev–Trinajstić information content (AvgIpc) is 2.27. The summed E-state index contributed by atoms with van der Waals surface area (Å²) in [6.07, 6.45) is 7.47. The zero-order valence-corrected chi connectivity index (χ0v) is 10.6. The highest BCUT2D eigenvalue weighted by Crippen LogP contribution is 2.15. The molecule has 1 aromatic rings. The van der Waals surface area contributed by atoms with Crippen LogP contribution in [0.15, 0.2) is 18.5 Å². The molecule has 2 N–H and O–H groups in total. The van der Waals surface area contributed by atoms with E-state index in [4.69, 9.17) is 0 Å². The predicted molar refractivity (Wildman–Crippen MR) is 71.0 cm³/mol. The Bertz CT molecular complexity index is 299. The topological polar surface area (TPSA) is 37.0 Å². The van der Waals surface area contributed by atoms with Gasteiger partial charge >= 0.3 is 0 Å². The van der Waals surface area contributed by atoms with Crippen molar-refractivity contribution in [2.45, 2.75) is 46.1 Å². The van der Waals surface area contributed by atoms with Crippen LogP contribution >= 0.6 is 0 Å². The Morgan fingerprint density at radius 2 is 2.00 bits per heavy atom. The van der Waals surface area contributed by atoms with Crippen LogP contribution in [-0.2, 0) is 0 Å². The van der Waals surface area contributed by atoms with Gasteiger partial charge in [0.25, 0.3) is 0 Å². The Morgan fingerprint density at radius 3 is 2.69 bits per heavy atom. The molecule has 1 rings (SSSR count). The summed E-state index contributed by atoms with van der Waals surface area (Å²) in [5.74, 6) is 0. The molecule has 1 unspecified atom stereocenters. The lowest BCUT2D eigenvalue weighted by molar-refractivity contribution is 0.645. The van der Waals surface area contributed by atoms with E-state index in [0.29, 0.717) is 6.04 Å². The van der Waals surface area contributed by atoms with Gasteiger partial charge in [-0.3, -0.25) is 4.98 Å². The molecule has 0 saturated heterocycles. The van der Waals surface area contributed by atoms with Crippen molar-refractivity contribution in [3.63, 3.8) is 0 Å². The van der Waals surface area contributed by atoms with Gasteiger partial charge in [-0.1, -0.05) is 19.8 Å². The predicted octanol–water partition coefficient (Wildman–Crippen LogP) is 3.50. The largest absolute Gasteiger partial charge is 0.384 e. The fourth-order valence-corrected chi connectivity index (χ4v) is 1.69. The quantitative estimate of drug-likeness (QED) is 0.740. The first-order valence-corrected chi connectivity index (χ1v) is 6.21. The molecule has 3 heteroatoms. The molecule has 1 heterocycles. The van der Waals surface area contributed by atoms with Crippen molar-refractivity contribution in [2.75, 3.05) is 17.2 Å². The molecule has 16 heavy (non-hydrogen) atoms. The summed E-state index contributed by atoms with van der Waals surface area (Å²) in [5.41, 5.74) is 2.18. The second kappa shape index (κ2) is 7.09. The molecule has 0 aliphatic carbocycles. The van der Waals surface area contributed by atoms with Crippen molar-refractivity contribution >= 4 is 11.4 Å². The standard InChI is InChI=1S/C13H23N3/c1-4-6-7-11(3)16-13-8-12(15-5-2)9-14-10-13/h8-11,15-16H,4-7H2,1-3H3. The lowest BCUT2D eigenvalue weighted by atomic mass is 10.1. The molecule has 0 radical (unpaired) electrons. The average molecular weight is 221 g/mol. The second-order valence-corrected chi connectivity index (χ2v) is 4.18. The number of hydrogen-bond acceptors (Lipinski definition) is 3. The number of aromatic nitrogens is 1. The summed E-state index contributed by atoms with van der Waals surface area (Å²) >= 11 is 0. The van der Waals surface area contributed by atoms with Gasteiger partial charge in [0.15, 0.2) is 0 Å². The molecule has 0 aliphatic rings. The van der Waals surface area contributed by atoms with Crippen molar-refractivity contribution in [3.8, 4) is 0 Å². The highest BCUT2D eigenvalue weighted by molar-refractivity contribution is 5.54. The summed E-state index contributed by atoms with van der Waals surface area (Å²) in [6.45, 7) is 7.45. The van der Waals surface area contributed by atoms with E-state index in [-0.39, 0.29) is 0 Å². The molecule has 0 bridgehead atoms. The molecule has 0 aliphatic heterocycles. The van der Waals surface area contributed by atoms with Crippen LogP contribution in [0.5, 0.6) is 0 Å². The first-order chi connectivity index (χ1) is 7.76. The minimum absolute atomic E-state index is 0.513. The summed E-state index contributed by atoms with van der Waals surface area (Å²) < 4.78 is 0. The summed E-state index contributed by atoms with van der Waals surface area (Å²) in [5, 5.41) is 6.73. The SMILES string of the molecule is CCCCC(C)Nc1cncc(NCC)c1. The number of unbranched alkanes of at least 4 members (excludes halogenated alkanes) is 1. The molecule has 3 nitrogen and oxygen atoms in total. The van der Waals surface area contributed by atoms with Crippen molar-refractivity contribution in [3.05, 3.63) is 18.5 Å². The van der Waals surface area contributed by atoms with Crippen LogP contribution in [0.1, 0.15) is 40.0 Å². The van der Waals surface area contributed by atoms with Crippen molar-refractivity contribution < 1.29 is 0 Å². The Hall–Kier alpha value is -1.25. The van der Waals surface area contributed by atoms with Crippen molar-refractivity contribution in [2.24, 2.45) is 0 Å². The van der Waals surface area contributed by atoms with Gasteiger partial charge < -0.3 is 10.6 Å². The number of rotatable bonds is 7. The van der Waals surface area contributed by atoms with Crippen LogP contribution in [0, 0.1) is 0 Å². The van der Waals surface area contributed by atoms with Crippen LogP contribution in [0.4, 0.5) is 11.4 Å². The molecule has 1 atom stereocenters. The first kappa shape index (κ1) is 12.8. The zero-order chi connectivity index (χ0) is 11.8. The third-order valence-electron chi connectivity index (χ3n) is 2.52. The number of pyridine rings is 1. The molecular formula is C13H23N3. The van der Waals surface area contributed by atoms with Gasteiger partial charge in [-0.05, 0) is 26.3 Å². The molecule has 90 valence electrons. The number of nitrogens with zero attached hydrogens (tertiary/aromatic N) is 1. The van der Waals surface area contributed by atoms with E-state index < -0.39 is 0 Å². The van der Waals surface area contributed by atoms with E-state index in [0.717, 1.165) is 17.9 Å². The molecule has 1 aromatic heterocycles. The Morgan fingerprint density at radius 1 is 1.25 bits per heavy atom. The van der Waals surface area contributed by atoms with E-state index in [9.17, 15) is 0 Å². The van der Waals surface area contributed by atoms with E-state index >= 15 is 0 Å². The summed E-state index contributed by atoms with van der Waals surface area (Å²) in [7, 11) is 0. The maximum Gasteiger partial charge on any atom is 0.0549 e. The monoisotopic (exact) mass is 221 g/mol. The third-order valence-corrected chi connectivity index (χ3v) is 2.52. The van der Waals surface area contributed by atoms with Gasteiger partial charge in [0.05, 0.1) is 23.8 Å². The van der Waals surface area contributed by atoms with E-state index in [1.807, 2.05) is 12.4 Å². The van der Waals surface area contributed by atoms with Gasteiger partial charge in [0.2, 0.25) is 0 Å². The molecule has 0 aromatic carbocycles. The normalized spacial score (nSPS) is 12.2. The highest BCUT2D eigenvalue weighted by Gasteiger charge is 2.02. The maximum absolute atomic E-state index is 4.21. The fourth-order valence-electron chi connectivity index (χ4n) is 1.69. The van der Waals surface area contributed by atoms with Gasteiger partial charge in [0, 0.05) is 12.6 Å². The number of nitrogens with one attached hydrogen (secondary N) is 2. The van der Waals surface area contributed by atoms with Crippen LogP contribution in [0.25, 0.3) is 0 Å². The minimum Gasteiger partial charge on any atom is -0.384 e. The summed E-state index contributed by atoms with van der Waals surface area (Å²) in [4.78, 5) is 4.21. The van der Waals surface area contributed by atoms with Gasteiger partial charge in [-0.15, -0.1) is 0 Å². The maximum atomic E-state index is 4.21. The van der Waals surface area contributed by atoms with Crippen LogP contribution in [-0.4, -0.2) is 17.6 Å². The lowest BCUT2D eigenvalue weighted by Crippen LogP contribution is -2.15. The van der Waals surface area contributed by atoms with Crippen molar-refractivity contribution in [1.82, 2.24) is 4.98 Å². The van der Waals surface area contributed by atoms with Crippen LogP contribution in [0.2, 0.25) is 0 Å². The molecule has 0 spiro atoms. The van der Waals surface area contributed by atoms with Gasteiger partial charge in [-0.25, -0.2) is 0 Å². The van der Waals surface area contributed by atoms with Gasteiger partial charge in [0.1, 0.15) is 0 Å². The van der Waals surface area contributed by atoms with E-state index in [1.54, 1.807) is 0 Å². The number of hydrogen-bond donors (Lipinski definition) is 2. The zero-order valence-electron chi connectivity index (χ0n) is 10.6. The van der Waals surface area contributed by atoms with Gasteiger partial charge in [-0.2, -0.15) is 0 Å². The molecule has 0 saturated carbocycles. The van der Waals surface area contributed by atoms with Crippen LogP contribution in [0.3, 0.4) is 0 Å². The van der Waals surface area contributed by atoms with Crippen molar-refractivity contribution in [1.29, 1.82) is 0 Å². The summed E-state index contributed by atoms with van der Waals surface area (Å²) in [6, 6.07) is 2.62. The smallest absolute Gasteiger partial charge is 0.0549 e.